The smallest absolute Gasteiger partial charge is 0.267 e. The van der Waals surface area contributed by atoms with Gasteiger partial charge in [-0.3, -0.25) is 14.2 Å². The van der Waals surface area contributed by atoms with Gasteiger partial charge >= 0.3 is 0 Å². The van der Waals surface area contributed by atoms with Gasteiger partial charge in [-0.15, -0.1) is 0 Å². The molecule has 190 valence electrons. The van der Waals surface area contributed by atoms with Crippen LogP contribution in [0.2, 0.25) is 0 Å². The van der Waals surface area contributed by atoms with Gasteiger partial charge in [0.15, 0.2) is 5.65 Å². The third kappa shape index (κ3) is 4.65. The van der Waals surface area contributed by atoms with Gasteiger partial charge in [0.1, 0.15) is 17.0 Å². The maximum absolute atomic E-state index is 14.0. The minimum Gasteiger partial charge on any atom is -0.378 e. The van der Waals surface area contributed by atoms with Crippen LogP contribution in [-0.4, -0.2) is 40.8 Å². The van der Waals surface area contributed by atoms with Gasteiger partial charge in [-0.1, -0.05) is 36.1 Å². The Morgan fingerprint density at radius 2 is 1.87 bits per heavy atom. The van der Waals surface area contributed by atoms with Crippen LogP contribution in [0.15, 0.2) is 71.8 Å². The number of para-hydroxylation sites is 1. The summed E-state index contributed by atoms with van der Waals surface area (Å²) < 4.78 is 3.04. The molecule has 5 rings (SSSR count). The van der Waals surface area contributed by atoms with E-state index in [1.165, 1.54) is 4.57 Å². The van der Waals surface area contributed by atoms with Crippen LogP contribution in [-0.2, 0) is 0 Å². The maximum atomic E-state index is 14.0. The number of carbonyl (C=O) groups excluding carboxylic acids is 1. The van der Waals surface area contributed by atoms with Crippen molar-refractivity contribution in [2.24, 2.45) is 0 Å². The highest BCUT2D eigenvalue weighted by Gasteiger charge is 2.24. The molecule has 0 spiro atoms. The maximum Gasteiger partial charge on any atom is 0.267 e. The number of amides is 1. The number of benzene rings is 2. The van der Waals surface area contributed by atoms with Crippen molar-refractivity contribution in [2.75, 3.05) is 0 Å². The van der Waals surface area contributed by atoms with E-state index in [0.717, 1.165) is 0 Å². The third-order valence-corrected chi connectivity index (χ3v) is 5.97. The first-order valence-corrected chi connectivity index (χ1v) is 12.1. The number of aromatic nitrogens is 5. The third-order valence-electron chi connectivity index (χ3n) is 5.97. The molecule has 5 aromatic rings. The zero-order valence-corrected chi connectivity index (χ0v) is 21.4. The Bertz CT molecular complexity index is 1800. The van der Waals surface area contributed by atoms with Gasteiger partial charge < -0.3 is 10.4 Å². The van der Waals surface area contributed by atoms with Crippen LogP contribution >= 0.6 is 0 Å². The molecule has 2 N–H and O–H groups in total. The van der Waals surface area contributed by atoms with Gasteiger partial charge in [0, 0.05) is 18.0 Å². The first-order valence-electron chi connectivity index (χ1n) is 12.1. The van der Waals surface area contributed by atoms with E-state index in [4.69, 9.17) is 4.98 Å². The number of aryl methyl sites for hydroxylation is 1. The lowest BCUT2D eigenvalue weighted by Gasteiger charge is -2.20. The van der Waals surface area contributed by atoms with Crippen LogP contribution in [0.25, 0.3) is 22.2 Å². The van der Waals surface area contributed by atoms with Gasteiger partial charge in [-0.25, -0.2) is 14.5 Å². The average Bonchev–Trinajstić information content (AvgIpc) is 3.23. The molecule has 38 heavy (non-hydrogen) atoms. The molecule has 3 aromatic heterocycles. The predicted molar refractivity (Wildman–Crippen MR) is 144 cm³/mol. The van der Waals surface area contributed by atoms with Crippen LogP contribution in [0.3, 0.4) is 0 Å². The van der Waals surface area contributed by atoms with E-state index in [2.05, 4.69) is 27.2 Å². The fourth-order valence-corrected chi connectivity index (χ4v) is 4.28. The highest BCUT2D eigenvalue weighted by atomic mass is 16.3. The lowest BCUT2D eigenvalue weighted by Crippen LogP contribution is -2.33. The number of hydrogen-bond acceptors (Lipinski definition) is 6. The normalized spacial score (nSPS) is 12.2. The molecule has 0 fully saturated rings. The van der Waals surface area contributed by atoms with Crippen LogP contribution < -0.4 is 10.9 Å². The molecule has 3 heterocycles. The van der Waals surface area contributed by atoms with E-state index in [0.29, 0.717) is 44.9 Å². The van der Waals surface area contributed by atoms with E-state index in [9.17, 15) is 14.7 Å². The van der Waals surface area contributed by atoms with Crippen molar-refractivity contribution < 1.29 is 9.90 Å². The quantitative estimate of drug-likeness (QED) is 0.362. The Morgan fingerprint density at radius 3 is 2.61 bits per heavy atom. The summed E-state index contributed by atoms with van der Waals surface area (Å²) >= 11 is 0. The fraction of sp³-hybridized carbons (Fsp3) is 0.207. The molecule has 0 aliphatic rings. The summed E-state index contributed by atoms with van der Waals surface area (Å²) in [5, 5.41) is 17.8. The van der Waals surface area contributed by atoms with Crippen molar-refractivity contribution in [3.63, 3.8) is 0 Å². The molecule has 0 radical (unpaired) electrons. The van der Waals surface area contributed by atoms with E-state index in [1.807, 2.05) is 18.2 Å². The standard InChI is InChI=1S/C29H26N6O3/c1-18-23(26-30-16-9-17-34(26)33-18)27(36)31-19(2)25-32-22-13-8-10-20(14-15-29(3,4)38)24(22)28(37)35(25)21-11-6-5-7-12-21/h5-13,16-17,19,38H,1-4H3,(H,31,36)/t19-/m1/s1. The average molecular weight is 507 g/mol. The molecular weight excluding hydrogens is 480 g/mol. The zero-order chi connectivity index (χ0) is 27.0. The highest BCUT2D eigenvalue weighted by molar-refractivity contribution is 6.01. The Kier molecular flexibility index (Phi) is 6.27. The predicted octanol–water partition coefficient (Wildman–Crippen LogP) is 3.35. The molecule has 9 nitrogen and oxygen atoms in total. The Labute approximate surface area is 218 Å². The van der Waals surface area contributed by atoms with Crippen molar-refractivity contribution >= 4 is 22.5 Å². The van der Waals surface area contributed by atoms with Crippen LogP contribution in [0.1, 0.15) is 54.3 Å². The molecule has 0 saturated carbocycles. The first kappa shape index (κ1) is 24.9. The second-order valence-electron chi connectivity index (χ2n) is 9.50. The molecule has 0 saturated heterocycles. The molecule has 1 amide bonds. The van der Waals surface area contributed by atoms with Gasteiger partial charge in [-0.05, 0) is 58.0 Å². The number of nitrogens with one attached hydrogen (secondary N) is 1. The monoisotopic (exact) mass is 506 g/mol. The van der Waals surface area contributed by atoms with Crippen molar-refractivity contribution in [3.8, 4) is 17.5 Å². The summed E-state index contributed by atoms with van der Waals surface area (Å²) in [4.78, 5) is 36.5. The summed E-state index contributed by atoms with van der Waals surface area (Å²) in [6.07, 6.45) is 3.33. The number of rotatable bonds is 4. The van der Waals surface area contributed by atoms with E-state index in [1.54, 1.807) is 81.0 Å². The van der Waals surface area contributed by atoms with Crippen LogP contribution in [0, 0.1) is 18.8 Å². The molecule has 1 atom stereocenters. The Hall–Kier alpha value is -4.81. The van der Waals surface area contributed by atoms with Gasteiger partial charge in [-0.2, -0.15) is 5.10 Å². The number of carbonyl (C=O) groups is 1. The molecule has 9 heteroatoms. The number of aliphatic hydroxyl groups is 1. The van der Waals surface area contributed by atoms with E-state index >= 15 is 0 Å². The van der Waals surface area contributed by atoms with Crippen molar-refractivity contribution in [1.82, 2.24) is 29.5 Å². The zero-order valence-electron chi connectivity index (χ0n) is 21.4. The van der Waals surface area contributed by atoms with Gasteiger partial charge in [0.2, 0.25) is 0 Å². The second-order valence-corrected chi connectivity index (χ2v) is 9.50. The summed E-state index contributed by atoms with van der Waals surface area (Å²) in [7, 11) is 0. The summed E-state index contributed by atoms with van der Waals surface area (Å²) in [6.45, 7) is 6.68. The number of hydrogen-bond donors (Lipinski definition) is 2. The Balaban J connectivity index is 1.66. The van der Waals surface area contributed by atoms with Crippen molar-refractivity contribution in [1.29, 1.82) is 0 Å². The van der Waals surface area contributed by atoms with Crippen LogP contribution in [0.4, 0.5) is 0 Å². The number of fused-ring (bicyclic) bond motifs is 2. The molecule has 0 bridgehead atoms. The van der Waals surface area contributed by atoms with E-state index < -0.39 is 11.6 Å². The van der Waals surface area contributed by atoms with Crippen molar-refractivity contribution in [3.05, 3.63) is 100.0 Å². The largest absolute Gasteiger partial charge is 0.378 e. The molecule has 0 aliphatic heterocycles. The SMILES string of the molecule is Cc1nn2cccnc2c1C(=O)N[C@H](C)c1nc2cccc(C#CC(C)(C)O)c2c(=O)n1-c1ccccc1. The van der Waals surface area contributed by atoms with Crippen LogP contribution in [0.5, 0.6) is 0 Å². The minimum atomic E-state index is -1.22. The lowest BCUT2D eigenvalue weighted by molar-refractivity contribution is 0.0938. The summed E-state index contributed by atoms with van der Waals surface area (Å²) in [5.41, 5.74) is 1.28. The summed E-state index contributed by atoms with van der Waals surface area (Å²) in [5.74, 6) is 5.69. The molecule has 0 unspecified atom stereocenters. The summed E-state index contributed by atoms with van der Waals surface area (Å²) in [6, 6.07) is 15.4. The lowest BCUT2D eigenvalue weighted by atomic mass is 10.1. The fourth-order valence-electron chi connectivity index (χ4n) is 4.28. The molecule has 2 aromatic carbocycles. The Morgan fingerprint density at radius 1 is 1.11 bits per heavy atom. The van der Waals surface area contributed by atoms with Gasteiger partial charge in [0.25, 0.3) is 11.5 Å². The highest BCUT2D eigenvalue weighted by Crippen LogP contribution is 2.21. The first-order chi connectivity index (χ1) is 18.1. The van der Waals surface area contributed by atoms with Gasteiger partial charge in [0.05, 0.1) is 28.3 Å². The second kappa shape index (κ2) is 9.57. The molecular formula is C29H26N6O3. The topological polar surface area (TPSA) is 114 Å². The molecule has 0 aliphatic carbocycles. The number of nitrogens with zero attached hydrogens (tertiary/aromatic N) is 5. The van der Waals surface area contributed by atoms with E-state index in [-0.39, 0.29) is 11.5 Å². The van der Waals surface area contributed by atoms with Crippen molar-refractivity contribution in [2.45, 2.75) is 39.3 Å². The minimum absolute atomic E-state index is 0.327.